The van der Waals surface area contributed by atoms with Crippen LogP contribution in [0.5, 0.6) is 0 Å². The quantitative estimate of drug-likeness (QED) is 0.510. The average Bonchev–Trinajstić information content (AvgIpc) is 2.84. The maximum absolute atomic E-state index is 14.3. The van der Waals surface area contributed by atoms with Crippen molar-refractivity contribution in [1.82, 2.24) is 9.55 Å². The molecule has 0 aliphatic carbocycles. The molecule has 1 saturated heterocycles. The van der Waals surface area contributed by atoms with E-state index in [0.29, 0.717) is 18.0 Å². The number of fused-ring (bicyclic) bond motifs is 1. The topological polar surface area (TPSA) is 30.3 Å². The predicted molar refractivity (Wildman–Crippen MR) is 113 cm³/mol. The highest BCUT2D eigenvalue weighted by Gasteiger charge is 2.32. The summed E-state index contributed by atoms with van der Waals surface area (Å²) >= 11 is 1.72. The van der Waals surface area contributed by atoms with Crippen LogP contribution in [0.1, 0.15) is 51.8 Å². The van der Waals surface area contributed by atoms with Crippen LogP contribution in [0.2, 0.25) is 0 Å². The fourth-order valence-corrected chi connectivity index (χ4v) is 4.47. The number of benzene rings is 1. The van der Waals surface area contributed by atoms with Crippen molar-refractivity contribution in [2.45, 2.75) is 58.4 Å². The number of aromatic nitrogens is 2. The second-order valence-electron chi connectivity index (χ2n) is 7.68. The fourth-order valence-electron chi connectivity index (χ4n) is 3.75. The molecule has 0 bridgehead atoms. The lowest BCUT2D eigenvalue weighted by molar-refractivity contribution is 0.00427. The van der Waals surface area contributed by atoms with Gasteiger partial charge >= 0.3 is 5.92 Å². The summed E-state index contributed by atoms with van der Waals surface area (Å²) in [5.74, 6) is -1.55. The summed E-state index contributed by atoms with van der Waals surface area (Å²) in [4.78, 5) is 4.34. The Labute approximate surface area is 170 Å². The number of alkyl halides is 2. The fraction of sp³-hybridized carbons (Fsp3) is 0.667. The van der Waals surface area contributed by atoms with Gasteiger partial charge in [-0.15, -0.1) is 0 Å². The van der Waals surface area contributed by atoms with Crippen molar-refractivity contribution in [3.63, 3.8) is 0 Å². The molecule has 1 aromatic carbocycles. The number of rotatable bonds is 8. The van der Waals surface area contributed by atoms with E-state index < -0.39 is 5.92 Å². The molecule has 7 heteroatoms. The van der Waals surface area contributed by atoms with E-state index in [0.717, 1.165) is 69.2 Å². The molecule has 4 nitrogen and oxygen atoms in total. The Bertz CT molecular complexity index is 767. The van der Waals surface area contributed by atoms with Crippen molar-refractivity contribution < 1.29 is 13.5 Å². The number of halogens is 2. The molecule has 0 saturated carbocycles. The van der Waals surface area contributed by atoms with Gasteiger partial charge < -0.3 is 13.6 Å². The molecule has 0 spiro atoms. The van der Waals surface area contributed by atoms with Gasteiger partial charge in [0.05, 0.1) is 11.0 Å². The molecule has 1 unspecified atom stereocenters. The molecule has 0 amide bonds. The number of hydrogen-bond acceptors (Lipinski definition) is 4. The third kappa shape index (κ3) is 5.17. The number of anilines is 1. The Kier molecular flexibility index (Phi) is 7.20. The molecule has 0 N–H and O–H groups in total. The van der Waals surface area contributed by atoms with E-state index >= 15 is 0 Å². The van der Waals surface area contributed by atoms with Crippen LogP contribution in [-0.4, -0.2) is 35.6 Å². The zero-order valence-electron chi connectivity index (χ0n) is 17.1. The summed E-state index contributed by atoms with van der Waals surface area (Å²) in [6, 6.07) is 5.86. The van der Waals surface area contributed by atoms with Crippen LogP contribution in [0.3, 0.4) is 0 Å². The molecule has 1 aliphatic heterocycles. The van der Waals surface area contributed by atoms with E-state index in [2.05, 4.69) is 16.2 Å². The van der Waals surface area contributed by atoms with Crippen molar-refractivity contribution in [2.75, 3.05) is 30.3 Å². The first-order chi connectivity index (χ1) is 13.4. The zero-order chi connectivity index (χ0) is 20.1. The lowest BCUT2D eigenvalue weighted by Crippen LogP contribution is -2.18. The zero-order valence-corrected chi connectivity index (χ0v) is 17.9. The standard InChI is InChI=1S/C21H31F2N3OS/c1-4-14-28-25(3)17-7-8-19-18(15-17)24-20(21(2,22)23)26(19)11-9-16-6-5-12-27-13-10-16/h7-8,15-16H,4-6,9-14H2,1-3H3. The van der Waals surface area contributed by atoms with Gasteiger partial charge in [-0.2, -0.15) is 8.78 Å². The molecule has 3 rings (SSSR count). The van der Waals surface area contributed by atoms with E-state index in [1.807, 2.05) is 25.2 Å². The third-order valence-electron chi connectivity index (χ3n) is 5.31. The summed E-state index contributed by atoms with van der Waals surface area (Å²) in [7, 11) is 2.00. The molecule has 2 aromatic rings. The van der Waals surface area contributed by atoms with Crippen LogP contribution < -0.4 is 4.31 Å². The highest BCUT2D eigenvalue weighted by Crippen LogP contribution is 2.33. The molecule has 1 atom stereocenters. The highest BCUT2D eigenvalue weighted by atomic mass is 32.2. The van der Waals surface area contributed by atoms with Crippen LogP contribution in [0.4, 0.5) is 14.5 Å². The van der Waals surface area contributed by atoms with E-state index in [-0.39, 0.29) is 5.82 Å². The number of hydrogen-bond donors (Lipinski definition) is 0. The van der Waals surface area contributed by atoms with Gasteiger partial charge in [0.25, 0.3) is 0 Å². The molecule has 1 fully saturated rings. The maximum atomic E-state index is 14.3. The lowest BCUT2D eigenvalue weighted by atomic mass is 9.97. The molecule has 28 heavy (non-hydrogen) atoms. The van der Waals surface area contributed by atoms with Crippen molar-refractivity contribution in [3.05, 3.63) is 24.0 Å². The molecular weight excluding hydrogens is 380 g/mol. The third-order valence-corrected chi connectivity index (χ3v) is 6.50. The van der Waals surface area contributed by atoms with Gasteiger partial charge in [0.15, 0.2) is 5.82 Å². The molecule has 0 radical (unpaired) electrons. The first-order valence-electron chi connectivity index (χ1n) is 10.2. The van der Waals surface area contributed by atoms with Gasteiger partial charge in [0.1, 0.15) is 0 Å². The second kappa shape index (κ2) is 9.44. The molecule has 2 heterocycles. The van der Waals surface area contributed by atoms with Crippen LogP contribution in [0, 0.1) is 5.92 Å². The first kappa shape index (κ1) is 21.4. The van der Waals surface area contributed by atoms with Crippen molar-refractivity contribution in [3.8, 4) is 0 Å². The largest absolute Gasteiger partial charge is 0.381 e. The molecule has 1 aromatic heterocycles. The number of nitrogens with zero attached hydrogens (tertiary/aromatic N) is 3. The van der Waals surface area contributed by atoms with Gasteiger partial charge in [0.2, 0.25) is 0 Å². The Morgan fingerprint density at radius 2 is 2.14 bits per heavy atom. The SMILES string of the molecule is CCCSN(C)c1ccc2c(c1)nc(C(C)(F)F)n2CCC1CCCOCC1. The van der Waals surface area contributed by atoms with Gasteiger partial charge in [-0.1, -0.05) is 18.9 Å². The Balaban J connectivity index is 1.86. The summed E-state index contributed by atoms with van der Waals surface area (Å²) < 4.78 is 37.9. The van der Waals surface area contributed by atoms with Crippen molar-refractivity contribution in [1.29, 1.82) is 0 Å². The normalized spacial score (nSPS) is 18.4. The van der Waals surface area contributed by atoms with Gasteiger partial charge in [-0.05, 0) is 56.2 Å². The Hall–Kier alpha value is -1.34. The predicted octanol–water partition coefficient (Wildman–Crippen LogP) is 5.85. The van der Waals surface area contributed by atoms with E-state index in [1.54, 1.807) is 16.5 Å². The summed E-state index contributed by atoms with van der Waals surface area (Å²) in [6.45, 7) is 5.24. The maximum Gasteiger partial charge on any atom is 0.302 e. The summed E-state index contributed by atoms with van der Waals surface area (Å²) in [6.07, 6.45) is 5.13. The number of ether oxygens (including phenoxy) is 1. The van der Waals surface area contributed by atoms with Crippen LogP contribution in [-0.2, 0) is 17.2 Å². The minimum atomic E-state index is -2.96. The molecular formula is C21H31F2N3OS. The second-order valence-corrected chi connectivity index (χ2v) is 8.89. The van der Waals surface area contributed by atoms with E-state index in [1.165, 1.54) is 0 Å². The van der Waals surface area contributed by atoms with Gasteiger partial charge in [-0.25, -0.2) is 4.98 Å². The van der Waals surface area contributed by atoms with E-state index in [9.17, 15) is 8.78 Å². The monoisotopic (exact) mass is 411 g/mol. The Morgan fingerprint density at radius 1 is 1.32 bits per heavy atom. The Morgan fingerprint density at radius 3 is 2.89 bits per heavy atom. The van der Waals surface area contributed by atoms with Crippen molar-refractivity contribution in [2.24, 2.45) is 5.92 Å². The summed E-state index contributed by atoms with van der Waals surface area (Å²) in [5.41, 5.74) is 2.42. The molecule has 156 valence electrons. The summed E-state index contributed by atoms with van der Waals surface area (Å²) in [5, 5.41) is 0. The first-order valence-corrected chi connectivity index (χ1v) is 11.2. The highest BCUT2D eigenvalue weighted by molar-refractivity contribution is 8.00. The number of aryl methyl sites for hydroxylation is 1. The van der Waals surface area contributed by atoms with Gasteiger partial charge in [0, 0.05) is 45.2 Å². The van der Waals surface area contributed by atoms with Crippen LogP contribution >= 0.6 is 11.9 Å². The lowest BCUT2D eigenvalue weighted by Gasteiger charge is -2.18. The smallest absolute Gasteiger partial charge is 0.302 e. The number of imidazole rings is 1. The van der Waals surface area contributed by atoms with E-state index in [4.69, 9.17) is 4.74 Å². The minimum Gasteiger partial charge on any atom is -0.381 e. The van der Waals surface area contributed by atoms with Crippen LogP contribution in [0.25, 0.3) is 11.0 Å². The average molecular weight is 412 g/mol. The van der Waals surface area contributed by atoms with Gasteiger partial charge in [-0.3, -0.25) is 0 Å². The minimum absolute atomic E-state index is 0.131. The van der Waals surface area contributed by atoms with Crippen LogP contribution in [0.15, 0.2) is 18.2 Å². The molecule has 1 aliphatic rings. The van der Waals surface area contributed by atoms with Crippen molar-refractivity contribution >= 4 is 28.7 Å².